The van der Waals surface area contributed by atoms with Crippen LogP contribution in [0.15, 0.2) is 22.7 Å². The molecule has 0 aliphatic rings. The van der Waals surface area contributed by atoms with Crippen LogP contribution in [-0.4, -0.2) is 11.2 Å². The summed E-state index contributed by atoms with van der Waals surface area (Å²) in [4.78, 5) is 12.1. The van der Waals surface area contributed by atoms with Gasteiger partial charge in [-0.3, -0.25) is 0 Å². The number of amides is 2. The maximum Gasteiger partial charge on any atom is 0.319 e. The van der Waals surface area contributed by atoms with Gasteiger partial charge in [0, 0.05) is 0 Å². The van der Waals surface area contributed by atoms with E-state index in [1.54, 1.807) is 13.8 Å². The number of aromatic nitrogens is 1. The van der Waals surface area contributed by atoms with Gasteiger partial charge in [0.2, 0.25) is 0 Å². The van der Waals surface area contributed by atoms with Crippen LogP contribution in [0, 0.1) is 27.7 Å². The van der Waals surface area contributed by atoms with E-state index in [1.165, 1.54) is 11.1 Å². The van der Waals surface area contributed by atoms with Crippen molar-refractivity contribution >= 4 is 11.7 Å². The number of hydrogen-bond donors (Lipinski definition) is 2. The van der Waals surface area contributed by atoms with Gasteiger partial charge in [-0.05, 0) is 40.2 Å². The van der Waals surface area contributed by atoms with Gasteiger partial charge >= 0.3 is 6.03 Å². The van der Waals surface area contributed by atoms with E-state index in [2.05, 4.69) is 34.0 Å². The second kappa shape index (κ2) is 5.99. The fourth-order valence-electron chi connectivity index (χ4n) is 2.35. The molecule has 112 valence electrons. The molecule has 1 aromatic heterocycles. The fraction of sp³-hybridized carbons (Fsp3) is 0.375. The average molecular weight is 287 g/mol. The third kappa shape index (κ3) is 3.62. The minimum absolute atomic E-state index is 0.0796. The van der Waals surface area contributed by atoms with Crippen molar-refractivity contribution in [3.63, 3.8) is 0 Å². The molecule has 0 saturated heterocycles. The maximum absolute atomic E-state index is 12.1. The summed E-state index contributed by atoms with van der Waals surface area (Å²) in [5, 5.41) is 9.52. The van der Waals surface area contributed by atoms with Crippen molar-refractivity contribution in [1.82, 2.24) is 10.5 Å². The Hall–Kier alpha value is -2.30. The molecule has 2 rings (SSSR count). The molecule has 2 aromatic rings. The van der Waals surface area contributed by atoms with E-state index in [1.807, 2.05) is 20.8 Å². The Morgan fingerprint density at radius 3 is 2.29 bits per heavy atom. The summed E-state index contributed by atoms with van der Waals surface area (Å²) >= 11 is 0. The number of benzene rings is 1. The third-order valence-electron chi connectivity index (χ3n) is 3.36. The predicted octanol–water partition coefficient (Wildman–Crippen LogP) is 3.79. The van der Waals surface area contributed by atoms with Gasteiger partial charge in [0.05, 0.1) is 6.04 Å². The van der Waals surface area contributed by atoms with Crippen LogP contribution < -0.4 is 10.6 Å². The molecule has 2 amide bonds. The molecule has 0 saturated carbocycles. The number of nitrogens with one attached hydrogen (secondary N) is 2. The molecule has 5 heteroatoms. The highest BCUT2D eigenvalue weighted by molar-refractivity contribution is 5.90. The van der Waals surface area contributed by atoms with Gasteiger partial charge in [0.1, 0.15) is 11.4 Å². The SMILES string of the molecule is Cc1cc(C)cc([C@@H](C)NC(=O)Nc2c(C)noc2C)c1. The number of urea groups is 1. The molecule has 0 fully saturated rings. The largest absolute Gasteiger partial charge is 0.359 e. The van der Waals surface area contributed by atoms with Crippen molar-refractivity contribution < 1.29 is 9.32 Å². The van der Waals surface area contributed by atoms with Gasteiger partial charge in [-0.1, -0.05) is 34.5 Å². The summed E-state index contributed by atoms with van der Waals surface area (Å²) < 4.78 is 5.02. The molecule has 1 heterocycles. The highest BCUT2D eigenvalue weighted by Crippen LogP contribution is 2.20. The van der Waals surface area contributed by atoms with E-state index < -0.39 is 0 Å². The standard InChI is InChI=1S/C16H21N3O2/c1-9-6-10(2)8-14(7-9)11(3)17-16(20)18-15-12(4)19-21-13(15)5/h6-8,11H,1-5H3,(H2,17,18,20)/t11-/m1/s1. The molecule has 0 unspecified atom stereocenters. The topological polar surface area (TPSA) is 67.2 Å². The second-order valence-corrected chi connectivity index (χ2v) is 5.44. The lowest BCUT2D eigenvalue weighted by molar-refractivity contribution is 0.249. The first-order valence-corrected chi connectivity index (χ1v) is 6.95. The van der Waals surface area contributed by atoms with E-state index in [4.69, 9.17) is 4.52 Å². The van der Waals surface area contributed by atoms with Crippen molar-refractivity contribution in [2.45, 2.75) is 40.7 Å². The van der Waals surface area contributed by atoms with E-state index >= 15 is 0 Å². The summed E-state index contributed by atoms with van der Waals surface area (Å²) in [7, 11) is 0. The van der Waals surface area contributed by atoms with Gasteiger partial charge < -0.3 is 15.2 Å². The number of hydrogen-bond acceptors (Lipinski definition) is 3. The summed E-state index contributed by atoms with van der Waals surface area (Å²) in [6.45, 7) is 9.61. The number of carbonyl (C=O) groups is 1. The molecular formula is C16H21N3O2. The molecule has 0 spiro atoms. The first-order chi connectivity index (χ1) is 9.86. The first-order valence-electron chi connectivity index (χ1n) is 6.95. The molecule has 1 aromatic carbocycles. The Bertz CT molecular complexity index is 622. The highest BCUT2D eigenvalue weighted by atomic mass is 16.5. The lowest BCUT2D eigenvalue weighted by atomic mass is 10.0. The molecule has 1 atom stereocenters. The van der Waals surface area contributed by atoms with Gasteiger partial charge in [-0.2, -0.15) is 0 Å². The number of nitrogens with zero attached hydrogens (tertiary/aromatic N) is 1. The first kappa shape index (κ1) is 15.1. The Morgan fingerprint density at radius 2 is 1.76 bits per heavy atom. The molecule has 2 N–H and O–H groups in total. The van der Waals surface area contributed by atoms with Gasteiger partial charge in [-0.25, -0.2) is 4.79 Å². The Kier molecular flexibility index (Phi) is 4.31. The number of anilines is 1. The molecule has 0 bridgehead atoms. The van der Waals surface area contributed by atoms with Crippen LogP contribution >= 0.6 is 0 Å². The van der Waals surface area contributed by atoms with Crippen molar-refractivity contribution in [2.24, 2.45) is 0 Å². The monoisotopic (exact) mass is 287 g/mol. The van der Waals surface area contributed by atoms with E-state index in [9.17, 15) is 4.79 Å². The summed E-state index contributed by atoms with van der Waals surface area (Å²) in [5.74, 6) is 0.599. The zero-order valence-electron chi connectivity index (χ0n) is 13.1. The van der Waals surface area contributed by atoms with E-state index in [-0.39, 0.29) is 12.1 Å². The van der Waals surface area contributed by atoms with Crippen molar-refractivity contribution in [2.75, 3.05) is 5.32 Å². The minimum atomic E-state index is -0.268. The van der Waals surface area contributed by atoms with Gasteiger partial charge in [0.15, 0.2) is 5.76 Å². The van der Waals surface area contributed by atoms with E-state index in [0.29, 0.717) is 17.1 Å². The number of rotatable bonds is 3. The number of aryl methyl sites for hydroxylation is 4. The summed E-state index contributed by atoms with van der Waals surface area (Å²) in [6, 6.07) is 5.92. The van der Waals surface area contributed by atoms with Crippen molar-refractivity contribution in [3.05, 3.63) is 46.3 Å². The second-order valence-electron chi connectivity index (χ2n) is 5.44. The van der Waals surface area contributed by atoms with Crippen LogP contribution in [0.2, 0.25) is 0 Å². The average Bonchev–Trinajstić information content (AvgIpc) is 2.69. The third-order valence-corrected chi connectivity index (χ3v) is 3.36. The molecule has 0 aliphatic heterocycles. The molecule has 21 heavy (non-hydrogen) atoms. The maximum atomic E-state index is 12.1. The normalized spacial score (nSPS) is 12.0. The van der Waals surface area contributed by atoms with Gasteiger partial charge in [-0.15, -0.1) is 0 Å². The minimum Gasteiger partial charge on any atom is -0.359 e. The van der Waals surface area contributed by atoms with Crippen molar-refractivity contribution in [3.8, 4) is 0 Å². The molecule has 5 nitrogen and oxygen atoms in total. The fourth-order valence-corrected chi connectivity index (χ4v) is 2.35. The van der Waals surface area contributed by atoms with Crippen LogP contribution in [0.3, 0.4) is 0 Å². The van der Waals surface area contributed by atoms with Crippen LogP contribution in [0.4, 0.5) is 10.5 Å². The lowest BCUT2D eigenvalue weighted by Crippen LogP contribution is -2.31. The Labute approximate surface area is 124 Å². The number of carbonyl (C=O) groups excluding carboxylic acids is 1. The predicted molar refractivity (Wildman–Crippen MR) is 82.5 cm³/mol. The summed E-state index contributed by atoms with van der Waals surface area (Å²) in [6.07, 6.45) is 0. The Morgan fingerprint density at radius 1 is 1.14 bits per heavy atom. The summed E-state index contributed by atoms with van der Waals surface area (Å²) in [5.41, 5.74) is 4.75. The van der Waals surface area contributed by atoms with Crippen molar-refractivity contribution in [1.29, 1.82) is 0 Å². The molecule has 0 aliphatic carbocycles. The molecule has 0 radical (unpaired) electrons. The zero-order valence-corrected chi connectivity index (χ0v) is 13.1. The smallest absolute Gasteiger partial charge is 0.319 e. The van der Waals surface area contributed by atoms with E-state index in [0.717, 1.165) is 5.56 Å². The van der Waals surface area contributed by atoms with Crippen LogP contribution in [-0.2, 0) is 0 Å². The van der Waals surface area contributed by atoms with Gasteiger partial charge in [0.25, 0.3) is 0 Å². The Balaban J connectivity index is 2.05. The quantitative estimate of drug-likeness (QED) is 0.902. The van der Waals surface area contributed by atoms with Crippen LogP contribution in [0.5, 0.6) is 0 Å². The lowest BCUT2D eigenvalue weighted by Gasteiger charge is -2.16. The van der Waals surface area contributed by atoms with Crippen LogP contribution in [0.1, 0.15) is 41.1 Å². The highest BCUT2D eigenvalue weighted by Gasteiger charge is 2.14. The van der Waals surface area contributed by atoms with Crippen LogP contribution in [0.25, 0.3) is 0 Å². The zero-order chi connectivity index (χ0) is 15.6. The molecular weight excluding hydrogens is 266 g/mol.